The van der Waals surface area contributed by atoms with Crippen LogP contribution in [0.3, 0.4) is 0 Å². The van der Waals surface area contributed by atoms with E-state index in [1.807, 2.05) is 0 Å². The normalized spacial score (nSPS) is 27.9. The summed E-state index contributed by atoms with van der Waals surface area (Å²) < 4.78 is 5.13. The Bertz CT molecular complexity index is 235. The van der Waals surface area contributed by atoms with Gasteiger partial charge < -0.3 is 15.0 Å². The molecule has 0 aromatic carbocycles. The van der Waals surface area contributed by atoms with E-state index in [-0.39, 0.29) is 0 Å². The van der Waals surface area contributed by atoms with Crippen molar-refractivity contribution < 1.29 is 4.74 Å². The molecule has 1 saturated carbocycles. The molecule has 1 aliphatic rings. The highest BCUT2D eigenvalue weighted by Crippen LogP contribution is 2.39. The van der Waals surface area contributed by atoms with Crippen LogP contribution >= 0.6 is 0 Å². The highest BCUT2D eigenvalue weighted by atomic mass is 16.5. The third-order valence-electron chi connectivity index (χ3n) is 4.38. The molecule has 0 spiro atoms. The molecule has 1 rings (SSSR count). The third-order valence-corrected chi connectivity index (χ3v) is 4.38. The Morgan fingerprint density at radius 1 is 1.42 bits per heavy atom. The van der Waals surface area contributed by atoms with Crippen molar-refractivity contribution in [3.8, 4) is 0 Å². The van der Waals surface area contributed by atoms with Crippen LogP contribution in [0.25, 0.3) is 0 Å². The molecule has 0 saturated heterocycles. The minimum Gasteiger partial charge on any atom is -0.383 e. The van der Waals surface area contributed by atoms with Crippen LogP contribution in [0.4, 0.5) is 0 Å². The lowest BCUT2D eigenvalue weighted by molar-refractivity contribution is 0.0890. The summed E-state index contributed by atoms with van der Waals surface area (Å²) in [6.07, 6.45) is 6.82. The SMILES string of the molecule is CCCN(C)CC1(CNCCOC)CCCC(C)C1. The molecule has 3 heteroatoms. The first-order chi connectivity index (χ1) is 9.12. The lowest BCUT2D eigenvalue weighted by Crippen LogP contribution is -2.46. The van der Waals surface area contributed by atoms with Gasteiger partial charge in [0.2, 0.25) is 0 Å². The molecule has 1 aliphatic carbocycles. The van der Waals surface area contributed by atoms with Gasteiger partial charge in [-0.15, -0.1) is 0 Å². The number of nitrogens with one attached hydrogen (secondary N) is 1. The van der Waals surface area contributed by atoms with Crippen molar-refractivity contribution in [2.75, 3.05) is 46.9 Å². The van der Waals surface area contributed by atoms with Crippen molar-refractivity contribution in [3.05, 3.63) is 0 Å². The van der Waals surface area contributed by atoms with Crippen LogP contribution in [0, 0.1) is 11.3 Å². The van der Waals surface area contributed by atoms with Crippen molar-refractivity contribution in [2.24, 2.45) is 11.3 Å². The molecule has 0 aromatic heterocycles. The molecule has 1 fully saturated rings. The van der Waals surface area contributed by atoms with Gasteiger partial charge in [0.1, 0.15) is 0 Å². The van der Waals surface area contributed by atoms with E-state index in [9.17, 15) is 0 Å². The van der Waals surface area contributed by atoms with E-state index in [2.05, 4.69) is 31.1 Å². The Labute approximate surface area is 120 Å². The van der Waals surface area contributed by atoms with Crippen LogP contribution in [-0.4, -0.2) is 51.8 Å². The van der Waals surface area contributed by atoms with Crippen molar-refractivity contribution >= 4 is 0 Å². The predicted octanol–water partition coefficient (Wildman–Crippen LogP) is 2.76. The fraction of sp³-hybridized carbons (Fsp3) is 1.00. The summed E-state index contributed by atoms with van der Waals surface area (Å²) in [7, 11) is 4.05. The minimum atomic E-state index is 0.481. The zero-order valence-corrected chi connectivity index (χ0v) is 13.5. The molecule has 3 nitrogen and oxygen atoms in total. The molecule has 0 aliphatic heterocycles. The van der Waals surface area contributed by atoms with Gasteiger partial charge in [-0.2, -0.15) is 0 Å². The molecule has 0 aromatic rings. The zero-order chi connectivity index (χ0) is 14.1. The number of hydrogen-bond acceptors (Lipinski definition) is 3. The quantitative estimate of drug-likeness (QED) is 0.652. The van der Waals surface area contributed by atoms with Crippen LogP contribution in [0.1, 0.15) is 46.0 Å². The average Bonchev–Trinajstić information content (AvgIpc) is 2.35. The van der Waals surface area contributed by atoms with Crippen LogP contribution in [0.15, 0.2) is 0 Å². The molecule has 0 heterocycles. The van der Waals surface area contributed by atoms with Crippen LogP contribution in [0.2, 0.25) is 0 Å². The van der Waals surface area contributed by atoms with Crippen LogP contribution < -0.4 is 5.32 Å². The van der Waals surface area contributed by atoms with Crippen LogP contribution in [-0.2, 0) is 4.74 Å². The molecule has 0 radical (unpaired) electrons. The van der Waals surface area contributed by atoms with Crippen molar-refractivity contribution in [1.29, 1.82) is 0 Å². The van der Waals surface area contributed by atoms with Gasteiger partial charge in [0.15, 0.2) is 0 Å². The molecule has 2 unspecified atom stereocenters. The van der Waals surface area contributed by atoms with Gasteiger partial charge >= 0.3 is 0 Å². The second-order valence-corrected chi connectivity index (χ2v) is 6.61. The van der Waals surface area contributed by atoms with E-state index in [1.165, 1.54) is 45.2 Å². The number of nitrogens with zero attached hydrogens (tertiary/aromatic N) is 1. The average molecular weight is 270 g/mol. The van der Waals surface area contributed by atoms with Crippen LogP contribution in [0.5, 0.6) is 0 Å². The standard InChI is InChI=1S/C16H34N2O/c1-5-10-18(3)14-16(13-17-9-11-19-4)8-6-7-15(2)12-16/h15,17H,5-14H2,1-4H3. The molecular weight excluding hydrogens is 236 g/mol. The second kappa shape index (κ2) is 8.93. The van der Waals surface area contributed by atoms with Crippen molar-refractivity contribution in [2.45, 2.75) is 46.0 Å². The summed E-state index contributed by atoms with van der Waals surface area (Å²) in [5.74, 6) is 0.882. The Morgan fingerprint density at radius 3 is 2.84 bits per heavy atom. The fourth-order valence-corrected chi connectivity index (χ4v) is 3.69. The maximum atomic E-state index is 5.13. The number of rotatable bonds is 9. The molecule has 19 heavy (non-hydrogen) atoms. The molecule has 0 bridgehead atoms. The summed E-state index contributed by atoms with van der Waals surface area (Å²) in [5.41, 5.74) is 0.481. The largest absolute Gasteiger partial charge is 0.383 e. The van der Waals surface area contributed by atoms with E-state index in [1.54, 1.807) is 7.11 Å². The van der Waals surface area contributed by atoms with Gasteiger partial charge in [0.05, 0.1) is 6.61 Å². The van der Waals surface area contributed by atoms with Gasteiger partial charge in [0.25, 0.3) is 0 Å². The highest BCUT2D eigenvalue weighted by Gasteiger charge is 2.35. The summed E-state index contributed by atoms with van der Waals surface area (Å²) in [4.78, 5) is 2.52. The Morgan fingerprint density at radius 2 is 2.21 bits per heavy atom. The summed E-state index contributed by atoms with van der Waals surface area (Å²) in [5, 5.41) is 3.61. The Balaban J connectivity index is 2.50. The lowest BCUT2D eigenvalue weighted by atomic mass is 9.69. The van der Waals surface area contributed by atoms with Crippen molar-refractivity contribution in [3.63, 3.8) is 0 Å². The van der Waals surface area contributed by atoms with E-state index in [0.29, 0.717) is 5.41 Å². The third kappa shape index (κ3) is 6.24. The first-order valence-corrected chi connectivity index (χ1v) is 8.00. The zero-order valence-electron chi connectivity index (χ0n) is 13.5. The second-order valence-electron chi connectivity index (χ2n) is 6.61. The highest BCUT2D eigenvalue weighted by molar-refractivity contribution is 4.89. The minimum absolute atomic E-state index is 0.481. The van der Waals surface area contributed by atoms with E-state index in [0.717, 1.165) is 25.6 Å². The van der Waals surface area contributed by atoms with Crippen molar-refractivity contribution in [1.82, 2.24) is 10.2 Å². The van der Waals surface area contributed by atoms with Gasteiger partial charge in [-0.3, -0.25) is 0 Å². The lowest BCUT2D eigenvalue weighted by Gasteiger charge is -2.43. The summed E-state index contributed by atoms with van der Waals surface area (Å²) in [6, 6.07) is 0. The van der Waals surface area contributed by atoms with E-state index >= 15 is 0 Å². The number of ether oxygens (including phenoxy) is 1. The maximum Gasteiger partial charge on any atom is 0.0587 e. The number of hydrogen-bond donors (Lipinski definition) is 1. The van der Waals surface area contributed by atoms with Gasteiger partial charge in [-0.1, -0.05) is 26.7 Å². The maximum absolute atomic E-state index is 5.13. The summed E-state index contributed by atoms with van der Waals surface area (Å²) in [6.45, 7) is 10.1. The Kier molecular flexibility index (Phi) is 7.96. The first-order valence-electron chi connectivity index (χ1n) is 8.00. The van der Waals surface area contributed by atoms with Gasteiger partial charge in [-0.25, -0.2) is 0 Å². The topological polar surface area (TPSA) is 24.5 Å². The smallest absolute Gasteiger partial charge is 0.0587 e. The molecule has 2 atom stereocenters. The fourth-order valence-electron chi connectivity index (χ4n) is 3.69. The number of methoxy groups -OCH3 is 1. The van der Waals surface area contributed by atoms with E-state index < -0.39 is 0 Å². The van der Waals surface area contributed by atoms with Gasteiger partial charge in [0, 0.05) is 26.7 Å². The first kappa shape index (κ1) is 16.9. The molecule has 114 valence electrons. The molecule has 0 amide bonds. The van der Waals surface area contributed by atoms with Gasteiger partial charge in [-0.05, 0) is 44.2 Å². The molecule has 1 N–H and O–H groups in total. The Hall–Kier alpha value is -0.120. The predicted molar refractivity (Wildman–Crippen MR) is 82.6 cm³/mol. The summed E-state index contributed by atoms with van der Waals surface area (Å²) >= 11 is 0. The monoisotopic (exact) mass is 270 g/mol. The molecular formula is C16H34N2O. The van der Waals surface area contributed by atoms with E-state index in [4.69, 9.17) is 4.74 Å².